The highest BCUT2D eigenvalue weighted by molar-refractivity contribution is 9.10. The van der Waals surface area contributed by atoms with Crippen LogP contribution in [0, 0.1) is 13.8 Å². The van der Waals surface area contributed by atoms with Crippen molar-refractivity contribution in [2.45, 2.75) is 20.4 Å². The normalized spacial score (nSPS) is 11.7. The Hall–Kier alpha value is -2.16. The fourth-order valence-corrected chi connectivity index (χ4v) is 2.02. The van der Waals surface area contributed by atoms with Crippen LogP contribution < -0.4 is 5.73 Å². The monoisotopic (exact) mass is 354 g/mol. The maximum absolute atomic E-state index is 11.7. The van der Waals surface area contributed by atoms with Gasteiger partial charge in [0.25, 0.3) is 0 Å². The molecule has 0 saturated heterocycles. The highest BCUT2D eigenvalue weighted by atomic mass is 79.9. The number of aromatic nitrogens is 4. The number of halogens is 1. The molecule has 2 heterocycles. The number of oxime groups is 1. The number of carbonyl (C=O) groups excluding carboxylic acids is 1. The molecule has 9 heteroatoms. The Bertz CT molecular complexity index is 703. The van der Waals surface area contributed by atoms with Crippen molar-refractivity contribution in [1.82, 2.24) is 19.6 Å². The van der Waals surface area contributed by atoms with E-state index >= 15 is 0 Å². The molecular weight excluding hydrogens is 340 g/mol. The minimum Gasteiger partial charge on any atom is -0.383 e. The number of rotatable bonds is 4. The number of amidine groups is 1. The molecule has 0 radical (unpaired) electrons. The van der Waals surface area contributed by atoms with E-state index in [2.05, 4.69) is 31.3 Å². The number of nitrogens with zero attached hydrogens (tertiary/aromatic N) is 5. The molecule has 0 aromatic carbocycles. The lowest BCUT2D eigenvalue weighted by Crippen LogP contribution is -2.22. The first-order chi connectivity index (χ1) is 9.90. The van der Waals surface area contributed by atoms with E-state index in [1.54, 1.807) is 11.7 Å². The standard InChI is InChI=1S/C12H15BrN6O2/c1-7-11(13)8(2)19(16-7)6-10(14)17-21-12(20)9-4-5-15-18(9)3/h4-5H,6H2,1-3H3,(H2,14,17). The van der Waals surface area contributed by atoms with Crippen molar-refractivity contribution in [1.29, 1.82) is 0 Å². The Kier molecular flexibility index (Phi) is 4.41. The minimum atomic E-state index is -0.618. The van der Waals surface area contributed by atoms with Crippen LogP contribution in [0.2, 0.25) is 0 Å². The van der Waals surface area contributed by atoms with Gasteiger partial charge < -0.3 is 10.6 Å². The lowest BCUT2D eigenvalue weighted by molar-refractivity contribution is 0.0501. The second kappa shape index (κ2) is 6.08. The summed E-state index contributed by atoms with van der Waals surface area (Å²) in [6.45, 7) is 4.01. The van der Waals surface area contributed by atoms with Gasteiger partial charge in [0.05, 0.1) is 15.9 Å². The van der Waals surface area contributed by atoms with Crippen molar-refractivity contribution >= 4 is 27.7 Å². The third-order valence-electron chi connectivity index (χ3n) is 2.88. The van der Waals surface area contributed by atoms with E-state index in [1.807, 2.05) is 13.8 Å². The molecule has 0 saturated carbocycles. The number of nitrogens with two attached hydrogens (primary N) is 1. The zero-order chi connectivity index (χ0) is 15.6. The van der Waals surface area contributed by atoms with E-state index in [0.29, 0.717) is 5.69 Å². The number of hydrogen-bond donors (Lipinski definition) is 1. The Morgan fingerprint density at radius 1 is 1.52 bits per heavy atom. The summed E-state index contributed by atoms with van der Waals surface area (Å²) in [5.74, 6) is -0.476. The second-order valence-corrected chi connectivity index (χ2v) is 5.24. The molecule has 2 aromatic heterocycles. The lowest BCUT2D eigenvalue weighted by atomic mass is 10.4. The summed E-state index contributed by atoms with van der Waals surface area (Å²) in [6.07, 6.45) is 1.50. The van der Waals surface area contributed by atoms with Gasteiger partial charge in [-0.25, -0.2) is 4.79 Å². The largest absolute Gasteiger partial charge is 0.383 e. The first-order valence-electron chi connectivity index (χ1n) is 6.11. The van der Waals surface area contributed by atoms with Crippen LogP contribution in [-0.4, -0.2) is 31.4 Å². The molecule has 2 rings (SSSR count). The molecule has 8 nitrogen and oxygen atoms in total. The Morgan fingerprint density at radius 2 is 2.24 bits per heavy atom. The molecule has 2 aromatic rings. The molecule has 0 atom stereocenters. The van der Waals surface area contributed by atoms with Gasteiger partial charge >= 0.3 is 5.97 Å². The van der Waals surface area contributed by atoms with Gasteiger partial charge in [-0.15, -0.1) is 0 Å². The zero-order valence-electron chi connectivity index (χ0n) is 11.9. The first-order valence-corrected chi connectivity index (χ1v) is 6.90. The third kappa shape index (κ3) is 3.30. The fourth-order valence-electron chi connectivity index (χ4n) is 1.73. The Morgan fingerprint density at radius 3 is 2.76 bits per heavy atom. The molecule has 0 bridgehead atoms. The number of carbonyl (C=O) groups is 1. The highest BCUT2D eigenvalue weighted by Crippen LogP contribution is 2.19. The van der Waals surface area contributed by atoms with Gasteiger partial charge in [-0.2, -0.15) is 10.2 Å². The van der Waals surface area contributed by atoms with Crippen LogP contribution in [-0.2, 0) is 18.4 Å². The lowest BCUT2D eigenvalue weighted by Gasteiger charge is -2.04. The SMILES string of the molecule is Cc1nn(C/C(N)=N\OC(=O)c2ccnn2C)c(C)c1Br. The van der Waals surface area contributed by atoms with Crippen LogP contribution in [0.25, 0.3) is 0 Å². The maximum atomic E-state index is 11.7. The molecule has 0 amide bonds. The molecule has 0 aliphatic heterocycles. The summed E-state index contributed by atoms with van der Waals surface area (Å²) < 4.78 is 3.99. The van der Waals surface area contributed by atoms with E-state index in [0.717, 1.165) is 15.9 Å². The minimum absolute atomic E-state index is 0.142. The molecule has 0 aliphatic rings. The van der Waals surface area contributed by atoms with Crippen molar-refractivity contribution in [3.8, 4) is 0 Å². The summed E-state index contributed by atoms with van der Waals surface area (Å²) in [4.78, 5) is 16.5. The van der Waals surface area contributed by atoms with Gasteiger partial charge in [0, 0.05) is 13.2 Å². The van der Waals surface area contributed by atoms with Crippen LogP contribution in [0.5, 0.6) is 0 Å². The van der Waals surface area contributed by atoms with E-state index in [1.165, 1.54) is 16.9 Å². The van der Waals surface area contributed by atoms with Gasteiger partial charge in [-0.05, 0) is 35.8 Å². The molecular formula is C12H15BrN6O2. The van der Waals surface area contributed by atoms with Crippen molar-refractivity contribution < 1.29 is 9.63 Å². The van der Waals surface area contributed by atoms with Gasteiger partial charge in [0.15, 0.2) is 5.84 Å². The first kappa shape index (κ1) is 15.2. The molecule has 0 spiro atoms. The second-order valence-electron chi connectivity index (χ2n) is 4.44. The van der Waals surface area contributed by atoms with Crippen LogP contribution in [0.4, 0.5) is 0 Å². The average molecular weight is 355 g/mol. The molecule has 21 heavy (non-hydrogen) atoms. The van der Waals surface area contributed by atoms with Gasteiger partial charge in [-0.1, -0.05) is 5.16 Å². The average Bonchev–Trinajstić information content (AvgIpc) is 2.96. The Balaban J connectivity index is 2.03. The topological polar surface area (TPSA) is 100 Å². The van der Waals surface area contributed by atoms with Gasteiger partial charge in [0.2, 0.25) is 0 Å². The molecule has 112 valence electrons. The van der Waals surface area contributed by atoms with Crippen molar-refractivity contribution in [2.75, 3.05) is 0 Å². The van der Waals surface area contributed by atoms with Crippen molar-refractivity contribution in [3.63, 3.8) is 0 Å². The van der Waals surface area contributed by atoms with Crippen LogP contribution in [0.1, 0.15) is 21.9 Å². The van der Waals surface area contributed by atoms with Crippen molar-refractivity contribution in [3.05, 3.63) is 33.8 Å². The van der Waals surface area contributed by atoms with E-state index in [4.69, 9.17) is 10.6 Å². The summed E-state index contributed by atoms with van der Waals surface area (Å²) in [7, 11) is 1.64. The predicted molar refractivity (Wildman–Crippen MR) is 79.6 cm³/mol. The van der Waals surface area contributed by atoms with Gasteiger partial charge in [-0.3, -0.25) is 9.36 Å². The van der Waals surface area contributed by atoms with Gasteiger partial charge in [0.1, 0.15) is 12.2 Å². The third-order valence-corrected chi connectivity index (χ3v) is 4.03. The van der Waals surface area contributed by atoms with E-state index in [9.17, 15) is 4.79 Å². The molecule has 2 N–H and O–H groups in total. The Labute approximate surface area is 129 Å². The van der Waals surface area contributed by atoms with Crippen LogP contribution in [0.15, 0.2) is 21.9 Å². The quantitative estimate of drug-likeness (QED) is 0.383. The predicted octanol–water partition coefficient (Wildman–Crippen LogP) is 1.13. The highest BCUT2D eigenvalue weighted by Gasteiger charge is 2.13. The molecule has 0 aliphatic carbocycles. The van der Waals surface area contributed by atoms with Crippen LogP contribution >= 0.6 is 15.9 Å². The van der Waals surface area contributed by atoms with Crippen molar-refractivity contribution in [2.24, 2.45) is 17.9 Å². The number of aryl methyl sites for hydroxylation is 2. The summed E-state index contributed by atoms with van der Waals surface area (Å²) in [5, 5.41) is 11.8. The maximum Gasteiger partial charge on any atom is 0.383 e. The van der Waals surface area contributed by atoms with E-state index < -0.39 is 5.97 Å². The summed E-state index contributed by atoms with van der Waals surface area (Å²) in [6, 6.07) is 1.53. The number of hydrogen-bond acceptors (Lipinski definition) is 5. The van der Waals surface area contributed by atoms with Crippen LogP contribution in [0.3, 0.4) is 0 Å². The zero-order valence-corrected chi connectivity index (χ0v) is 13.5. The summed E-state index contributed by atoms with van der Waals surface area (Å²) in [5.41, 5.74) is 7.81. The van der Waals surface area contributed by atoms with E-state index in [-0.39, 0.29) is 12.4 Å². The molecule has 0 unspecified atom stereocenters. The smallest absolute Gasteiger partial charge is 0.383 e. The molecule has 0 fully saturated rings. The fraction of sp³-hybridized carbons (Fsp3) is 0.333. The summed E-state index contributed by atoms with van der Waals surface area (Å²) >= 11 is 3.43.